The second-order valence-corrected chi connectivity index (χ2v) is 7.55. The van der Waals surface area contributed by atoms with Crippen LogP contribution in [-0.2, 0) is 24.1 Å². The van der Waals surface area contributed by atoms with E-state index in [0.29, 0.717) is 11.7 Å². The molecule has 0 aliphatic heterocycles. The molecule has 26 heavy (non-hydrogen) atoms. The largest absolute Gasteiger partial charge is 0.508 e. The summed E-state index contributed by atoms with van der Waals surface area (Å²) in [7, 11) is 0. The molecule has 0 radical (unpaired) electrons. The summed E-state index contributed by atoms with van der Waals surface area (Å²) in [6.07, 6.45) is 3.12. The number of aryl methyl sites for hydroxylation is 2. The minimum atomic E-state index is -0.0524. The van der Waals surface area contributed by atoms with Gasteiger partial charge in [-0.3, -0.25) is 4.79 Å². The predicted molar refractivity (Wildman–Crippen MR) is 103 cm³/mol. The number of nitrogens with zero attached hydrogens (tertiary/aromatic N) is 2. The number of rotatable bonds is 5. The van der Waals surface area contributed by atoms with E-state index in [-0.39, 0.29) is 17.6 Å². The zero-order chi connectivity index (χ0) is 18.8. The first-order chi connectivity index (χ1) is 12.4. The molecule has 3 rings (SSSR count). The summed E-state index contributed by atoms with van der Waals surface area (Å²) >= 11 is 0. The molecule has 138 valence electrons. The Morgan fingerprint density at radius 1 is 1.23 bits per heavy atom. The molecule has 0 fully saturated rings. The smallest absolute Gasteiger partial charge is 0.228 e. The number of aromatic hydroxyl groups is 1. The highest BCUT2D eigenvalue weighted by atomic mass is 16.3. The van der Waals surface area contributed by atoms with Gasteiger partial charge in [-0.1, -0.05) is 27.7 Å². The highest BCUT2D eigenvalue weighted by Crippen LogP contribution is 2.35. The quantitative estimate of drug-likeness (QED) is 0.847. The fourth-order valence-electron chi connectivity index (χ4n) is 3.22. The van der Waals surface area contributed by atoms with Crippen molar-refractivity contribution in [3.05, 3.63) is 35.2 Å². The highest BCUT2D eigenvalue weighted by molar-refractivity contribution is 5.92. The van der Waals surface area contributed by atoms with Crippen LogP contribution in [-0.4, -0.2) is 21.0 Å². The van der Waals surface area contributed by atoms with Gasteiger partial charge in [-0.15, -0.1) is 0 Å². The Morgan fingerprint density at radius 3 is 2.69 bits per heavy atom. The highest BCUT2D eigenvalue weighted by Gasteiger charge is 2.23. The van der Waals surface area contributed by atoms with Gasteiger partial charge in [-0.05, 0) is 55.4 Å². The first kappa shape index (κ1) is 18.4. The summed E-state index contributed by atoms with van der Waals surface area (Å²) in [4.78, 5) is 22.1. The summed E-state index contributed by atoms with van der Waals surface area (Å²) in [5.74, 6) is 1.23. The third kappa shape index (κ3) is 3.71. The topological polar surface area (TPSA) is 75.1 Å². The number of fused-ring (bicyclic) bond motifs is 3. The summed E-state index contributed by atoms with van der Waals surface area (Å²) in [6.45, 7) is 8.19. The first-order valence-electron chi connectivity index (χ1n) is 9.42. The van der Waals surface area contributed by atoms with Crippen LogP contribution in [0.25, 0.3) is 11.3 Å². The van der Waals surface area contributed by atoms with Gasteiger partial charge in [0.05, 0.1) is 17.1 Å². The molecule has 1 aliphatic rings. The number of phenolic OH excluding ortho intramolecular Hbond substituents is 1. The average Bonchev–Trinajstić information content (AvgIpc) is 2.60. The fraction of sp³-hybridized carbons (Fsp3) is 0.476. The number of carbonyl (C=O) groups excluding carboxylic acids is 1. The second kappa shape index (κ2) is 7.44. The Kier molecular flexibility index (Phi) is 5.25. The minimum Gasteiger partial charge on any atom is -0.508 e. The van der Waals surface area contributed by atoms with Crippen LogP contribution in [0.1, 0.15) is 51.1 Å². The van der Waals surface area contributed by atoms with Crippen LogP contribution >= 0.6 is 0 Å². The zero-order valence-corrected chi connectivity index (χ0v) is 16.0. The summed E-state index contributed by atoms with van der Waals surface area (Å²) in [5, 5.41) is 12.7. The lowest BCUT2D eigenvalue weighted by Crippen LogP contribution is -2.23. The number of amides is 1. The van der Waals surface area contributed by atoms with Crippen molar-refractivity contribution in [3.63, 3.8) is 0 Å². The van der Waals surface area contributed by atoms with Crippen molar-refractivity contribution in [2.45, 2.75) is 53.4 Å². The van der Waals surface area contributed by atoms with Gasteiger partial charge in [0, 0.05) is 11.5 Å². The zero-order valence-electron chi connectivity index (χ0n) is 16.0. The lowest BCUT2D eigenvalue weighted by atomic mass is 9.91. The summed E-state index contributed by atoms with van der Waals surface area (Å²) < 4.78 is 0. The maximum atomic E-state index is 12.4. The number of aromatic nitrogens is 2. The van der Waals surface area contributed by atoms with E-state index in [1.165, 1.54) is 0 Å². The van der Waals surface area contributed by atoms with Crippen molar-refractivity contribution >= 4 is 11.7 Å². The SMILES string of the molecule is CCC(C)C(=O)Nc1nc2c(nc1CC(C)C)-c1ccc(O)cc1CC2. The normalized spacial score (nSPS) is 13.9. The average molecular weight is 353 g/mol. The van der Waals surface area contributed by atoms with Crippen molar-refractivity contribution in [1.29, 1.82) is 0 Å². The molecule has 1 unspecified atom stereocenters. The van der Waals surface area contributed by atoms with Crippen LogP contribution in [0.15, 0.2) is 18.2 Å². The maximum absolute atomic E-state index is 12.4. The molecule has 1 aliphatic carbocycles. The van der Waals surface area contributed by atoms with E-state index in [0.717, 1.165) is 53.9 Å². The van der Waals surface area contributed by atoms with Crippen LogP contribution in [0.5, 0.6) is 5.75 Å². The number of anilines is 1. The van der Waals surface area contributed by atoms with Crippen LogP contribution in [0, 0.1) is 11.8 Å². The van der Waals surface area contributed by atoms with Crippen molar-refractivity contribution in [2.24, 2.45) is 11.8 Å². The molecule has 1 aromatic carbocycles. The predicted octanol–water partition coefficient (Wildman–Crippen LogP) is 4.13. The first-order valence-corrected chi connectivity index (χ1v) is 9.42. The summed E-state index contributed by atoms with van der Waals surface area (Å²) in [5.41, 5.74) is 4.75. The van der Waals surface area contributed by atoms with E-state index in [4.69, 9.17) is 9.97 Å². The van der Waals surface area contributed by atoms with E-state index in [9.17, 15) is 9.90 Å². The van der Waals surface area contributed by atoms with E-state index < -0.39 is 0 Å². The third-order valence-corrected chi connectivity index (χ3v) is 4.92. The van der Waals surface area contributed by atoms with Crippen molar-refractivity contribution in [2.75, 3.05) is 5.32 Å². The molecule has 0 saturated carbocycles. The van der Waals surface area contributed by atoms with Gasteiger partial charge in [0.25, 0.3) is 0 Å². The van der Waals surface area contributed by atoms with Gasteiger partial charge in [-0.25, -0.2) is 9.97 Å². The van der Waals surface area contributed by atoms with E-state index >= 15 is 0 Å². The number of hydrogen-bond acceptors (Lipinski definition) is 4. The molecule has 2 aromatic rings. The molecule has 5 heteroatoms. The lowest BCUT2D eigenvalue weighted by molar-refractivity contribution is -0.119. The molecule has 1 amide bonds. The van der Waals surface area contributed by atoms with E-state index in [2.05, 4.69) is 19.2 Å². The number of hydrogen-bond donors (Lipinski definition) is 2. The van der Waals surface area contributed by atoms with Gasteiger partial charge < -0.3 is 10.4 Å². The Hall–Kier alpha value is -2.43. The van der Waals surface area contributed by atoms with Crippen molar-refractivity contribution in [1.82, 2.24) is 9.97 Å². The molecule has 5 nitrogen and oxygen atoms in total. The fourth-order valence-corrected chi connectivity index (χ4v) is 3.22. The molecule has 1 atom stereocenters. The Labute approximate surface area is 154 Å². The molecule has 0 bridgehead atoms. The van der Waals surface area contributed by atoms with Crippen LogP contribution in [0.4, 0.5) is 5.82 Å². The number of benzene rings is 1. The third-order valence-electron chi connectivity index (χ3n) is 4.92. The molecular weight excluding hydrogens is 326 g/mol. The maximum Gasteiger partial charge on any atom is 0.228 e. The number of nitrogens with one attached hydrogen (secondary N) is 1. The van der Waals surface area contributed by atoms with Gasteiger partial charge >= 0.3 is 0 Å². The summed E-state index contributed by atoms with van der Waals surface area (Å²) in [6, 6.07) is 5.41. The molecule has 1 heterocycles. The molecule has 2 N–H and O–H groups in total. The minimum absolute atomic E-state index is 0.00659. The second-order valence-electron chi connectivity index (χ2n) is 7.55. The number of phenols is 1. The molecule has 0 spiro atoms. The molecular formula is C21H27N3O2. The van der Waals surface area contributed by atoms with E-state index in [1.54, 1.807) is 12.1 Å². The van der Waals surface area contributed by atoms with Crippen molar-refractivity contribution in [3.8, 4) is 17.0 Å². The standard InChI is InChI=1S/C21H27N3O2/c1-5-13(4)21(26)24-20-18(10-12(2)3)22-19-16-8-7-15(25)11-14(16)6-9-17(19)23-20/h7-8,11-13,25H,5-6,9-10H2,1-4H3,(H,23,24,26). The number of carbonyl (C=O) groups is 1. The Bertz CT molecular complexity index is 830. The van der Waals surface area contributed by atoms with E-state index in [1.807, 2.05) is 19.9 Å². The Morgan fingerprint density at radius 2 is 2.00 bits per heavy atom. The van der Waals surface area contributed by atoms with Crippen molar-refractivity contribution < 1.29 is 9.90 Å². The van der Waals surface area contributed by atoms with Crippen LogP contribution in [0.3, 0.4) is 0 Å². The monoisotopic (exact) mass is 353 g/mol. The van der Waals surface area contributed by atoms with Crippen LogP contribution in [0.2, 0.25) is 0 Å². The van der Waals surface area contributed by atoms with Gasteiger partial charge in [0.2, 0.25) is 5.91 Å². The van der Waals surface area contributed by atoms with Gasteiger partial charge in [-0.2, -0.15) is 0 Å². The molecule has 0 saturated heterocycles. The van der Waals surface area contributed by atoms with Crippen LogP contribution < -0.4 is 5.32 Å². The lowest BCUT2D eigenvalue weighted by Gasteiger charge is -2.22. The van der Waals surface area contributed by atoms with Gasteiger partial charge in [0.1, 0.15) is 5.75 Å². The van der Waals surface area contributed by atoms with Gasteiger partial charge in [0.15, 0.2) is 5.82 Å². The molecule has 1 aromatic heterocycles. The Balaban J connectivity index is 2.05.